The fraction of sp³-hybridized carbons (Fsp3) is 0. The van der Waals surface area contributed by atoms with Crippen molar-refractivity contribution in [3.8, 4) is 11.5 Å². The van der Waals surface area contributed by atoms with Crippen LogP contribution < -0.4 is 11.2 Å². The molecule has 0 aliphatic carbocycles. The Hall–Kier alpha value is -2.69. The molecule has 0 aliphatic rings. The minimum Gasteiger partial charge on any atom is -0.506 e. The molecule has 0 bridgehead atoms. The lowest BCUT2D eigenvalue weighted by Gasteiger charge is -2.05. The molecule has 0 amide bonds. The molecule has 0 fully saturated rings. The second-order valence-corrected chi connectivity index (χ2v) is 3.96. The van der Waals surface area contributed by atoms with Crippen LogP contribution in [0.1, 0.15) is 0 Å². The van der Waals surface area contributed by atoms with E-state index in [2.05, 4.69) is 0 Å². The summed E-state index contributed by atoms with van der Waals surface area (Å²) in [7, 11) is 0. The van der Waals surface area contributed by atoms with Crippen LogP contribution in [0.2, 0.25) is 0 Å². The van der Waals surface area contributed by atoms with Gasteiger partial charge in [-0.25, -0.2) is 0 Å². The Bertz CT molecular complexity index is 836. The zero-order chi connectivity index (χ0) is 12.9. The van der Waals surface area contributed by atoms with Gasteiger partial charge in [-0.3, -0.25) is 4.79 Å². The zero-order valence-electron chi connectivity index (χ0n) is 9.18. The molecule has 1 aromatic heterocycles. The molecule has 0 unspecified atom stereocenters. The van der Waals surface area contributed by atoms with Gasteiger partial charge in [0, 0.05) is 0 Å². The number of benzene rings is 2. The topological polar surface area (TPSA) is 96.7 Å². The molecule has 0 aliphatic heterocycles. The average Bonchev–Trinajstić information content (AvgIpc) is 2.36. The van der Waals surface area contributed by atoms with Gasteiger partial charge in [-0.1, -0.05) is 6.07 Å². The second-order valence-electron chi connectivity index (χ2n) is 3.96. The van der Waals surface area contributed by atoms with Gasteiger partial charge < -0.3 is 20.4 Å². The fourth-order valence-electron chi connectivity index (χ4n) is 1.94. The van der Waals surface area contributed by atoms with E-state index >= 15 is 0 Å². The Morgan fingerprint density at radius 3 is 2.44 bits per heavy atom. The summed E-state index contributed by atoms with van der Waals surface area (Å²) in [6.07, 6.45) is 0. The van der Waals surface area contributed by atoms with Crippen LogP contribution >= 0.6 is 0 Å². The highest BCUT2D eigenvalue weighted by Gasteiger charge is 2.14. The third kappa shape index (κ3) is 1.24. The van der Waals surface area contributed by atoms with Crippen LogP contribution in [0.4, 0.5) is 5.69 Å². The summed E-state index contributed by atoms with van der Waals surface area (Å²) in [5.41, 5.74) is 5.49. The molecule has 5 heteroatoms. The minimum absolute atomic E-state index is 0.0187. The molecular weight excluding hydrogens is 234 g/mol. The number of hydrogen-bond donors (Lipinski definition) is 3. The van der Waals surface area contributed by atoms with Crippen molar-refractivity contribution in [2.75, 3.05) is 5.73 Å². The maximum absolute atomic E-state index is 12.2. The number of nitrogen functional groups attached to an aromatic ring is 1. The molecule has 4 N–H and O–H groups in total. The number of phenolic OH excluding ortho intramolecular Hbond substituents is 2. The number of aromatic hydroxyl groups is 2. The molecule has 90 valence electrons. The van der Waals surface area contributed by atoms with Crippen LogP contribution in [0, 0.1) is 0 Å². The Morgan fingerprint density at radius 1 is 0.944 bits per heavy atom. The van der Waals surface area contributed by atoms with Crippen LogP contribution in [0.15, 0.2) is 39.5 Å². The number of phenols is 2. The molecule has 0 saturated heterocycles. The van der Waals surface area contributed by atoms with Crippen LogP contribution in [-0.2, 0) is 0 Å². The highest BCUT2D eigenvalue weighted by molar-refractivity contribution is 5.98. The molecular formula is C13H9NO4. The van der Waals surface area contributed by atoms with Crippen molar-refractivity contribution >= 4 is 27.6 Å². The van der Waals surface area contributed by atoms with Gasteiger partial charge in [-0.05, 0) is 24.3 Å². The summed E-state index contributed by atoms with van der Waals surface area (Å²) in [4.78, 5) is 12.2. The monoisotopic (exact) mass is 243 g/mol. The molecule has 2 aromatic carbocycles. The van der Waals surface area contributed by atoms with Gasteiger partial charge in [-0.15, -0.1) is 0 Å². The molecule has 0 atom stereocenters. The van der Waals surface area contributed by atoms with E-state index in [1.54, 1.807) is 12.1 Å². The number of nitrogens with two attached hydrogens (primary N) is 1. The van der Waals surface area contributed by atoms with E-state index in [9.17, 15) is 15.0 Å². The maximum Gasteiger partial charge on any atom is 0.200 e. The highest BCUT2D eigenvalue weighted by Crippen LogP contribution is 2.32. The second kappa shape index (κ2) is 3.40. The summed E-state index contributed by atoms with van der Waals surface area (Å²) < 4.78 is 5.43. The van der Waals surface area contributed by atoms with Gasteiger partial charge in [0.2, 0.25) is 5.43 Å². The molecule has 0 spiro atoms. The summed E-state index contributed by atoms with van der Waals surface area (Å²) >= 11 is 0. The van der Waals surface area contributed by atoms with Gasteiger partial charge in [0.25, 0.3) is 0 Å². The largest absolute Gasteiger partial charge is 0.506 e. The van der Waals surface area contributed by atoms with Crippen LogP contribution in [0.3, 0.4) is 0 Å². The quantitative estimate of drug-likeness (QED) is 0.318. The fourth-order valence-corrected chi connectivity index (χ4v) is 1.94. The average molecular weight is 243 g/mol. The van der Waals surface area contributed by atoms with Crippen molar-refractivity contribution in [3.05, 3.63) is 40.6 Å². The van der Waals surface area contributed by atoms with E-state index in [0.29, 0.717) is 0 Å². The Balaban J connectivity index is 2.66. The van der Waals surface area contributed by atoms with E-state index in [4.69, 9.17) is 10.2 Å². The predicted octanol–water partition coefficient (Wildman–Crippen LogP) is 1.94. The first-order chi connectivity index (χ1) is 8.59. The van der Waals surface area contributed by atoms with Gasteiger partial charge in [0.05, 0.1) is 10.8 Å². The summed E-state index contributed by atoms with van der Waals surface area (Å²) in [6, 6.07) is 7.31. The number of rotatable bonds is 0. The van der Waals surface area contributed by atoms with Gasteiger partial charge in [-0.2, -0.15) is 0 Å². The highest BCUT2D eigenvalue weighted by atomic mass is 16.4. The Labute approximate surface area is 101 Å². The molecule has 0 saturated carbocycles. The van der Waals surface area contributed by atoms with Crippen LogP contribution in [-0.4, -0.2) is 10.2 Å². The third-order valence-electron chi connectivity index (χ3n) is 2.86. The van der Waals surface area contributed by atoms with E-state index in [1.807, 2.05) is 0 Å². The van der Waals surface area contributed by atoms with Crippen molar-refractivity contribution in [2.45, 2.75) is 0 Å². The standard InChI is InChI=1S/C13H9NO4/c14-10-8(15)5-4-7-11(17)6-2-1-3-9(16)12(6)18-13(7)10/h1-5,15-16H,14H2. The lowest BCUT2D eigenvalue weighted by Crippen LogP contribution is -2.03. The Kier molecular flexibility index (Phi) is 1.98. The lowest BCUT2D eigenvalue weighted by molar-refractivity contribution is 0.466. The summed E-state index contributed by atoms with van der Waals surface area (Å²) in [5.74, 6) is -0.310. The van der Waals surface area contributed by atoms with Crippen molar-refractivity contribution < 1.29 is 14.6 Å². The first-order valence-electron chi connectivity index (χ1n) is 5.25. The number of hydrogen-bond acceptors (Lipinski definition) is 5. The summed E-state index contributed by atoms with van der Waals surface area (Å²) in [5, 5.41) is 19.7. The number of anilines is 1. The van der Waals surface area contributed by atoms with E-state index in [1.165, 1.54) is 18.2 Å². The molecule has 18 heavy (non-hydrogen) atoms. The Morgan fingerprint density at radius 2 is 1.67 bits per heavy atom. The van der Waals surface area contributed by atoms with Crippen molar-refractivity contribution in [2.24, 2.45) is 0 Å². The maximum atomic E-state index is 12.2. The first-order valence-corrected chi connectivity index (χ1v) is 5.25. The molecule has 3 aromatic rings. The van der Waals surface area contributed by atoms with E-state index in [-0.39, 0.29) is 44.6 Å². The SMILES string of the molecule is Nc1c(O)ccc2c(=O)c3cccc(O)c3oc12. The van der Waals surface area contributed by atoms with Crippen molar-refractivity contribution in [1.29, 1.82) is 0 Å². The van der Waals surface area contributed by atoms with Crippen molar-refractivity contribution in [3.63, 3.8) is 0 Å². The molecule has 3 rings (SSSR count). The van der Waals surface area contributed by atoms with Crippen molar-refractivity contribution in [1.82, 2.24) is 0 Å². The van der Waals surface area contributed by atoms with Crippen LogP contribution in [0.25, 0.3) is 21.9 Å². The number of para-hydroxylation sites is 1. The lowest BCUT2D eigenvalue weighted by atomic mass is 10.1. The molecule has 5 nitrogen and oxygen atoms in total. The van der Waals surface area contributed by atoms with E-state index < -0.39 is 0 Å². The van der Waals surface area contributed by atoms with Gasteiger partial charge in [0.15, 0.2) is 16.9 Å². The first kappa shape index (κ1) is 10.5. The zero-order valence-corrected chi connectivity index (χ0v) is 9.18. The smallest absolute Gasteiger partial charge is 0.200 e. The minimum atomic E-state index is -0.297. The van der Waals surface area contributed by atoms with Gasteiger partial charge >= 0.3 is 0 Å². The van der Waals surface area contributed by atoms with Crippen LogP contribution in [0.5, 0.6) is 11.5 Å². The predicted molar refractivity (Wildman–Crippen MR) is 67.7 cm³/mol. The van der Waals surface area contributed by atoms with E-state index in [0.717, 1.165) is 0 Å². The number of fused-ring (bicyclic) bond motifs is 2. The summed E-state index contributed by atoms with van der Waals surface area (Å²) in [6.45, 7) is 0. The molecule has 0 radical (unpaired) electrons. The van der Waals surface area contributed by atoms with Gasteiger partial charge in [0.1, 0.15) is 11.4 Å². The normalized spacial score (nSPS) is 11.1. The third-order valence-corrected chi connectivity index (χ3v) is 2.86. The molecule has 1 heterocycles.